The van der Waals surface area contributed by atoms with E-state index in [9.17, 15) is 4.79 Å². The lowest BCUT2D eigenvalue weighted by Gasteiger charge is -2.48. The molecule has 0 aromatic carbocycles. The fourth-order valence-corrected chi connectivity index (χ4v) is 3.58. The van der Waals surface area contributed by atoms with Crippen molar-refractivity contribution in [3.8, 4) is 0 Å². The second kappa shape index (κ2) is 5.57. The molecule has 1 unspecified atom stereocenters. The van der Waals surface area contributed by atoms with E-state index >= 15 is 0 Å². The van der Waals surface area contributed by atoms with Crippen LogP contribution in [0.25, 0.3) is 0 Å². The van der Waals surface area contributed by atoms with Gasteiger partial charge in [0.2, 0.25) is 0 Å². The molecule has 2 fully saturated rings. The van der Waals surface area contributed by atoms with Gasteiger partial charge in [-0.3, -0.25) is 14.6 Å². The minimum absolute atomic E-state index is 0.196. The minimum Gasteiger partial charge on any atom is -0.480 e. The molecule has 18 heavy (non-hydrogen) atoms. The highest BCUT2D eigenvalue weighted by molar-refractivity contribution is 5.69. The number of carboxylic acids is 1. The van der Waals surface area contributed by atoms with Crippen molar-refractivity contribution in [1.29, 1.82) is 0 Å². The van der Waals surface area contributed by atoms with Gasteiger partial charge in [0.25, 0.3) is 0 Å². The molecule has 2 rings (SSSR count). The Morgan fingerprint density at radius 3 is 2.44 bits per heavy atom. The molecule has 1 atom stereocenters. The maximum Gasteiger partial charge on any atom is 0.317 e. The summed E-state index contributed by atoms with van der Waals surface area (Å²) in [6.07, 6.45) is 5.35. The van der Waals surface area contributed by atoms with Gasteiger partial charge in [0, 0.05) is 32.2 Å². The number of piperazine rings is 1. The number of carbonyl (C=O) groups is 1. The van der Waals surface area contributed by atoms with Gasteiger partial charge in [-0.1, -0.05) is 26.7 Å². The normalized spacial score (nSPS) is 30.2. The lowest BCUT2D eigenvalue weighted by Crippen LogP contribution is -2.55. The van der Waals surface area contributed by atoms with Crippen LogP contribution in [0.2, 0.25) is 0 Å². The number of nitrogens with zero attached hydrogens (tertiary/aromatic N) is 2. The Bertz CT molecular complexity index is 296. The van der Waals surface area contributed by atoms with E-state index in [2.05, 4.69) is 23.6 Å². The van der Waals surface area contributed by atoms with E-state index in [1.165, 1.54) is 25.7 Å². The van der Waals surface area contributed by atoms with Gasteiger partial charge < -0.3 is 5.11 Å². The highest BCUT2D eigenvalue weighted by Gasteiger charge is 2.37. The fraction of sp³-hybridized carbons (Fsp3) is 0.929. The number of carboxylic acid groups (broad SMARTS) is 1. The summed E-state index contributed by atoms with van der Waals surface area (Å²) in [4.78, 5) is 15.3. The Labute approximate surface area is 110 Å². The van der Waals surface area contributed by atoms with Crippen molar-refractivity contribution in [3.05, 3.63) is 0 Å². The van der Waals surface area contributed by atoms with Crippen LogP contribution in [0.4, 0.5) is 0 Å². The lowest BCUT2D eigenvalue weighted by molar-refractivity contribution is -0.139. The highest BCUT2D eigenvalue weighted by atomic mass is 16.4. The maximum atomic E-state index is 10.7. The molecular formula is C14H26N2O2. The van der Waals surface area contributed by atoms with Crippen LogP contribution in [0, 0.1) is 5.41 Å². The molecule has 1 saturated carbocycles. The summed E-state index contributed by atoms with van der Waals surface area (Å²) in [7, 11) is 0. The average molecular weight is 254 g/mol. The first-order valence-corrected chi connectivity index (χ1v) is 7.17. The predicted octanol–water partition coefficient (Wildman–Crippen LogP) is 1.66. The van der Waals surface area contributed by atoms with Crippen molar-refractivity contribution in [3.63, 3.8) is 0 Å². The zero-order valence-corrected chi connectivity index (χ0v) is 11.7. The Balaban J connectivity index is 1.87. The quantitative estimate of drug-likeness (QED) is 0.832. The molecule has 0 radical (unpaired) electrons. The van der Waals surface area contributed by atoms with E-state index in [-0.39, 0.29) is 6.54 Å². The molecule has 1 saturated heterocycles. The van der Waals surface area contributed by atoms with Gasteiger partial charge in [-0.25, -0.2) is 0 Å². The third-order valence-electron chi connectivity index (χ3n) is 4.66. The summed E-state index contributed by atoms with van der Waals surface area (Å²) in [6, 6.07) is 0.693. The fourth-order valence-electron chi connectivity index (χ4n) is 3.58. The van der Waals surface area contributed by atoms with E-state index in [0.29, 0.717) is 11.5 Å². The molecule has 1 heterocycles. The number of hydrogen-bond donors (Lipinski definition) is 1. The molecule has 0 aromatic rings. The molecule has 1 N–H and O–H groups in total. The molecule has 0 amide bonds. The van der Waals surface area contributed by atoms with Crippen LogP contribution in [0.15, 0.2) is 0 Å². The van der Waals surface area contributed by atoms with Gasteiger partial charge in [0.1, 0.15) is 0 Å². The van der Waals surface area contributed by atoms with Gasteiger partial charge >= 0.3 is 5.97 Å². The summed E-state index contributed by atoms with van der Waals surface area (Å²) >= 11 is 0. The Hall–Kier alpha value is -0.610. The van der Waals surface area contributed by atoms with Gasteiger partial charge in [0.15, 0.2) is 0 Å². The van der Waals surface area contributed by atoms with E-state index in [1.54, 1.807) is 0 Å². The van der Waals surface area contributed by atoms with Gasteiger partial charge in [-0.05, 0) is 18.3 Å². The largest absolute Gasteiger partial charge is 0.480 e. The zero-order chi connectivity index (χ0) is 13.2. The Kier molecular flexibility index (Phi) is 4.28. The van der Waals surface area contributed by atoms with Crippen molar-refractivity contribution in [2.24, 2.45) is 5.41 Å². The first-order chi connectivity index (χ1) is 8.49. The number of hydrogen-bond acceptors (Lipinski definition) is 3. The summed E-state index contributed by atoms with van der Waals surface area (Å²) in [5, 5.41) is 8.81. The molecule has 2 aliphatic rings. The lowest BCUT2D eigenvalue weighted by atomic mass is 9.72. The van der Waals surface area contributed by atoms with Crippen molar-refractivity contribution >= 4 is 5.97 Å². The standard InChI is InChI=1S/C14H26N2O2/c1-14(2)6-4-3-5-12(14)16-9-7-15(8-10-16)11-13(17)18/h12H,3-11H2,1-2H3,(H,17,18). The van der Waals surface area contributed by atoms with Gasteiger partial charge in [-0.15, -0.1) is 0 Å². The molecule has 1 aliphatic heterocycles. The van der Waals surface area contributed by atoms with Crippen LogP contribution >= 0.6 is 0 Å². The molecule has 4 heteroatoms. The Morgan fingerprint density at radius 1 is 1.22 bits per heavy atom. The van der Waals surface area contributed by atoms with Crippen LogP contribution in [-0.2, 0) is 4.79 Å². The van der Waals surface area contributed by atoms with Crippen LogP contribution in [0.1, 0.15) is 39.5 Å². The molecule has 0 bridgehead atoms. The first-order valence-electron chi connectivity index (χ1n) is 7.17. The van der Waals surface area contributed by atoms with E-state index < -0.39 is 5.97 Å². The van der Waals surface area contributed by atoms with E-state index in [0.717, 1.165) is 26.2 Å². The van der Waals surface area contributed by atoms with Gasteiger partial charge in [-0.2, -0.15) is 0 Å². The minimum atomic E-state index is -0.707. The molecule has 0 aromatic heterocycles. The zero-order valence-electron chi connectivity index (χ0n) is 11.7. The van der Waals surface area contributed by atoms with Crippen molar-refractivity contribution in [1.82, 2.24) is 9.80 Å². The summed E-state index contributed by atoms with van der Waals surface area (Å²) < 4.78 is 0. The molecule has 104 valence electrons. The number of rotatable bonds is 3. The third-order valence-corrected chi connectivity index (χ3v) is 4.66. The van der Waals surface area contributed by atoms with E-state index in [1.807, 2.05) is 0 Å². The molecular weight excluding hydrogens is 228 g/mol. The summed E-state index contributed by atoms with van der Waals surface area (Å²) in [5.41, 5.74) is 0.424. The second-order valence-electron chi connectivity index (χ2n) is 6.46. The topological polar surface area (TPSA) is 43.8 Å². The van der Waals surface area contributed by atoms with Gasteiger partial charge in [0.05, 0.1) is 6.54 Å². The van der Waals surface area contributed by atoms with Crippen LogP contribution in [0.3, 0.4) is 0 Å². The second-order valence-corrected chi connectivity index (χ2v) is 6.46. The summed E-state index contributed by atoms with van der Waals surface area (Å²) in [6.45, 7) is 8.84. The van der Waals surface area contributed by atoms with Crippen molar-refractivity contribution in [2.45, 2.75) is 45.6 Å². The molecule has 4 nitrogen and oxygen atoms in total. The predicted molar refractivity (Wildman–Crippen MR) is 71.7 cm³/mol. The van der Waals surface area contributed by atoms with Crippen LogP contribution in [-0.4, -0.2) is 59.6 Å². The monoisotopic (exact) mass is 254 g/mol. The third kappa shape index (κ3) is 3.23. The molecule has 1 aliphatic carbocycles. The van der Waals surface area contributed by atoms with Crippen LogP contribution < -0.4 is 0 Å². The molecule has 0 spiro atoms. The highest BCUT2D eigenvalue weighted by Crippen LogP contribution is 2.38. The Morgan fingerprint density at radius 2 is 1.89 bits per heavy atom. The van der Waals surface area contributed by atoms with Crippen LogP contribution in [0.5, 0.6) is 0 Å². The smallest absolute Gasteiger partial charge is 0.317 e. The van der Waals surface area contributed by atoms with E-state index in [4.69, 9.17) is 5.11 Å². The van der Waals surface area contributed by atoms with Crippen molar-refractivity contribution < 1.29 is 9.90 Å². The maximum absolute atomic E-state index is 10.7. The first kappa shape index (κ1) is 13.8. The average Bonchev–Trinajstić information content (AvgIpc) is 2.29. The van der Waals surface area contributed by atoms with Crippen molar-refractivity contribution in [2.75, 3.05) is 32.7 Å². The SMILES string of the molecule is CC1(C)CCCCC1N1CCN(CC(=O)O)CC1. The summed E-state index contributed by atoms with van der Waals surface area (Å²) in [5.74, 6) is -0.707. The number of aliphatic carboxylic acids is 1.